The van der Waals surface area contributed by atoms with Crippen molar-refractivity contribution in [2.75, 3.05) is 0 Å². The largest absolute Gasteiger partial charge is 0.305 e. The molecule has 0 amide bonds. The van der Waals surface area contributed by atoms with E-state index in [-0.39, 0.29) is 5.54 Å². The van der Waals surface area contributed by atoms with Gasteiger partial charge >= 0.3 is 0 Å². The zero-order valence-corrected chi connectivity index (χ0v) is 13.2. The number of rotatable bonds is 3. The summed E-state index contributed by atoms with van der Waals surface area (Å²) in [6.07, 6.45) is 5.01. The highest BCUT2D eigenvalue weighted by Gasteiger charge is 2.29. The lowest BCUT2D eigenvalue weighted by Crippen LogP contribution is -2.45. The molecule has 0 aliphatic heterocycles. The summed E-state index contributed by atoms with van der Waals surface area (Å²) in [5, 5.41) is 3.91. The fraction of sp³-hybridized carbons (Fsp3) is 0.667. The topological polar surface area (TPSA) is 12.0 Å². The van der Waals surface area contributed by atoms with Gasteiger partial charge < -0.3 is 5.32 Å². The molecule has 0 radical (unpaired) electrons. The van der Waals surface area contributed by atoms with E-state index < -0.39 is 0 Å². The van der Waals surface area contributed by atoms with Crippen LogP contribution in [0.1, 0.15) is 71.0 Å². The molecule has 0 saturated carbocycles. The molecule has 1 N–H and O–H groups in total. The fourth-order valence-electron chi connectivity index (χ4n) is 3.75. The second kappa shape index (κ2) is 5.28. The Hall–Kier alpha value is -0.820. The van der Waals surface area contributed by atoms with E-state index in [0.29, 0.717) is 11.5 Å². The highest BCUT2D eigenvalue weighted by Crippen LogP contribution is 2.34. The molecular weight excluding hydrogens is 230 g/mol. The van der Waals surface area contributed by atoms with Crippen LogP contribution in [0.25, 0.3) is 0 Å². The minimum Gasteiger partial charge on any atom is -0.305 e. The summed E-state index contributed by atoms with van der Waals surface area (Å²) in [6.45, 7) is 11.7. The molecular formula is C18H29N. The number of hydrogen-bond acceptors (Lipinski definition) is 1. The van der Waals surface area contributed by atoms with Crippen molar-refractivity contribution in [3.63, 3.8) is 0 Å². The van der Waals surface area contributed by atoms with Crippen LogP contribution in [0.15, 0.2) is 24.3 Å². The molecule has 19 heavy (non-hydrogen) atoms. The Morgan fingerprint density at radius 1 is 1.11 bits per heavy atom. The van der Waals surface area contributed by atoms with Gasteiger partial charge in [0.2, 0.25) is 0 Å². The predicted molar refractivity (Wildman–Crippen MR) is 83.4 cm³/mol. The summed E-state index contributed by atoms with van der Waals surface area (Å²) in [5.74, 6) is 0. The average Bonchev–Trinajstić information content (AvgIpc) is 2.25. The molecule has 1 aromatic rings. The van der Waals surface area contributed by atoms with E-state index in [1.54, 1.807) is 0 Å². The van der Waals surface area contributed by atoms with Gasteiger partial charge in [0.25, 0.3) is 0 Å². The van der Waals surface area contributed by atoms with Crippen LogP contribution in [0.3, 0.4) is 0 Å². The van der Waals surface area contributed by atoms with Crippen LogP contribution >= 0.6 is 0 Å². The second-order valence-corrected chi connectivity index (χ2v) is 7.91. The molecule has 1 atom stereocenters. The first-order valence-electron chi connectivity index (χ1n) is 7.62. The lowest BCUT2D eigenvalue weighted by molar-refractivity contribution is 0.215. The third-order valence-corrected chi connectivity index (χ3v) is 3.91. The van der Waals surface area contributed by atoms with Gasteiger partial charge in [0.05, 0.1) is 0 Å². The van der Waals surface area contributed by atoms with Crippen LogP contribution in [0.2, 0.25) is 0 Å². The van der Waals surface area contributed by atoms with Gasteiger partial charge in [0.1, 0.15) is 0 Å². The number of aryl methyl sites for hydroxylation is 1. The summed E-state index contributed by atoms with van der Waals surface area (Å²) in [6, 6.07) is 9.47. The van der Waals surface area contributed by atoms with Crippen LogP contribution < -0.4 is 5.32 Å². The third-order valence-electron chi connectivity index (χ3n) is 3.91. The summed E-state index contributed by atoms with van der Waals surface area (Å²) in [5.41, 5.74) is 3.62. The van der Waals surface area contributed by atoms with Gasteiger partial charge in [0.15, 0.2) is 0 Å². The Morgan fingerprint density at radius 2 is 1.79 bits per heavy atom. The Bertz CT molecular complexity index is 426. The van der Waals surface area contributed by atoms with Crippen molar-refractivity contribution < 1.29 is 0 Å². The van der Waals surface area contributed by atoms with Gasteiger partial charge in [-0.25, -0.2) is 0 Å². The number of fused-ring (bicyclic) bond motifs is 1. The minimum absolute atomic E-state index is 0.188. The van der Waals surface area contributed by atoms with Crippen LogP contribution in [-0.2, 0) is 6.42 Å². The molecule has 1 unspecified atom stereocenters. The van der Waals surface area contributed by atoms with Gasteiger partial charge in [-0.1, -0.05) is 45.0 Å². The molecule has 0 heterocycles. The Labute approximate surface area is 118 Å². The summed E-state index contributed by atoms with van der Waals surface area (Å²) >= 11 is 0. The SMILES string of the molecule is CC(C)(C)CC(C)(C)NC1CCCc2ccccc21. The van der Waals surface area contributed by atoms with Crippen molar-refractivity contribution in [3.8, 4) is 0 Å². The van der Waals surface area contributed by atoms with E-state index in [1.165, 1.54) is 36.8 Å². The number of benzene rings is 1. The van der Waals surface area contributed by atoms with Crippen molar-refractivity contribution in [1.29, 1.82) is 0 Å². The molecule has 0 fully saturated rings. The van der Waals surface area contributed by atoms with E-state index in [4.69, 9.17) is 0 Å². The van der Waals surface area contributed by atoms with Crippen molar-refractivity contribution in [3.05, 3.63) is 35.4 Å². The molecule has 106 valence electrons. The van der Waals surface area contributed by atoms with Crippen molar-refractivity contribution in [2.24, 2.45) is 5.41 Å². The van der Waals surface area contributed by atoms with Crippen LogP contribution in [0, 0.1) is 5.41 Å². The molecule has 1 nitrogen and oxygen atoms in total. The summed E-state index contributed by atoms with van der Waals surface area (Å²) in [7, 11) is 0. The van der Waals surface area contributed by atoms with Crippen molar-refractivity contribution in [2.45, 2.75) is 71.9 Å². The van der Waals surface area contributed by atoms with Gasteiger partial charge in [-0.15, -0.1) is 0 Å². The molecule has 0 bridgehead atoms. The second-order valence-electron chi connectivity index (χ2n) is 7.91. The van der Waals surface area contributed by atoms with Crippen molar-refractivity contribution >= 4 is 0 Å². The van der Waals surface area contributed by atoms with E-state index >= 15 is 0 Å². The molecule has 1 aliphatic carbocycles. The smallest absolute Gasteiger partial charge is 0.0327 e. The molecule has 0 aromatic heterocycles. The van der Waals surface area contributed by atoms with E-state index in [2.05, 4.69) is 64.2 Å². The molecule has 1 heteroatoms. The zero-order valence-electron chi connectivity index (χ0n) is 13.2. The predicted octanol–water partition coefficient (Wildman–Crippen LogP) is 4.87. The maximum atomic E-state index is 3.91. The highest BCUT2D eigenvalue weighted by molar-refractivity contribution is 5.32. The number of nitrogens with one attached hydrogen (secondary N) is 1. The number of hydrogen-bond donors (Lipinski definition) is 1. The maximum Gasteiger partial charge on any atom is 0.0327 e. The quantitative estimate of drug-likeness (QED) is 0.816. The van der Waals surface area contributed by atoms with Crippen LogP contribution in [-0.4, -0.2) is 5.54 Å². The van der Waals surface area contributed by atoms with E-state index in [9.17, 15) is 0 Å². The van der Waals surface area contributed by atoms with Crippen LogP contribution in [0.4, 0.5) is 0 Å². The first-order chi connectivity index (χ1) is 8.77. The normalized spacial score (nSPS) is 20.2. The van der Waals surface area contributed by atoms with Crippen LogP contribution in [0.5, 0.6) is 0 Å². The lowest BCUT2D eigenvalue weighted by atomic mass is 9.80. The van der Waals surface area contributed by atoms with Gasteiger partial charge in [0, 0.05) is 11.6 Å². The fourth-order valence-corrected chi connectivity index (χ4v) is 3.75. The first kappa shape index (κ1) is 14.6. The zero-order chi connectivity index (χ0) is 14.1. The Balaban J connectivity index is 2.12. The average molecular weight is 259 g/mol. The first-order valence-corrected chi connectivity index (χ1v) is 7.62. The standard InChI is InChI=1S/C18H29N/c1-17(2,3)13-18(4,5)19-16-12-8-10-14-9-6-7-11-15(14)16/h6-7,9,11,16,19H,8,10,12-13H2,1-5H3. The summed E-state index contributed by atoms with van der Waals surface area (Å²) in [4.78, 5) is 0. The lowest BCUT2D eigenvalue weighted by Gasteiger charge is -2.38. The van der Waals surface area contributed by atoms with Gasteiger partial charge in [-0.05, 0) is 56.1 Å². The van der Waals surface area contributed by atoms with Crippen molar-refractivity contribution in [1.82, 2.24) is 5.32 Å². The highest BCUT2D eigenvalue weighted by atomic mass is 15.0. The molecule has 2 rings (SSSR count). The summed E-state index contributed by atoms with van der Waals surface area (Å²) < 4.78 is 0. The molecule has 0 spiro atoms. The molecule has 1 aliphatic rings. The molecule has 1 aromatic carbocycles. The Morgan fingerprint density at radius 3 is 2.47 bits per heavy atom. The van der Waals surface area contributed by atoms with E-state index in [1.807, 2.05) is 0 Å². The Kier molecular flexibility index (Phi) is 4.06. The van der Waals surface area contributed by atoms with Gasteiger partial charge in [-0.3, -0.25) is 0 Å². The van der Waals surface area contributed by atoms with E-state index in [0.717, 1.165) is 0 Å². The molecule has 0 saturated heterocycles. The minimum atomic E-state index is 0.188. The maximum absolute atomic E-state index is 3.91. The monoisotopic (exact) mass is 259 g/mol. The van der Waals surface area contributed by atoms with Gasteiger partial charge in [-0.2, -0.15) is 0 Å². The third kappa shape index (κ3) is 4.07.